The van der Waals surface area contributed by atoms with Crippen LogP contribution in [0.4, 0.5) is 0 Å². The second-order valence-electron chi connectivity index (χ2n) is 6.38. The molecule has 1 heterocycles. The number of benzene rings is 2. The first-order chi connectivity index (χ1) is 14.2. The molecule has 29 heavy (non-hydrogen) atoms. The summed E-state index contributed by atoms with van der Waals surface area (Å²) >= 11 is 0. The van der Waals surface area contributed by atoms with Crippen LogP contribution in [0, 0.1) is 0 Å². The van der Waals surface area contributed by atoms with E-state index in [9.17, 15) is 4.79 Å². The molecule has 1 N–H and O–H groups in total. The fraction of sp³-hybridized carbons (Fsp3) is 0.217. The number of nitrogens with zero attached hydrogens (tertiary/aromatic N) is 1. The summed E-state index contributed by atoms with van der Waals surface area (Å²) in [6, 6.07) is 18.8. The minimum atomic E-state index is -0.0797. The molecule has 1 aromatic heterocycles. The Morgan fingerprint density at radius 2 is 1.76 bits per heavy atom. The number of amides is 1. The third-order valence-electron chi connectivity index (χ3n) is 4.37. The van der Waals surface area contributed by atoms with Crippen molar-refractivity contribution in [2.45, 2.75) is 19.6 Å². The average molecular weight is 392 g/mol. The fourth-order valence-electron chi connectivity index (χ4n) is 2.78. The molecule has 0 aliphatic heterocycles. The Labute approximate surface area is 170 Å². The van der Waals surface area contributed by atoms with Crippen LogP contribution in [0.25, 0.3) is 0 Å². The lowest BCUT2D eigenvalue weighted by Crippen LogP contribution is -2.24. The van der Waals surface area contributed by atoms with Gasteiger partial charge in [0.2, 0.25) is 5.91 Å². The highest BCUT2D eigenvalue weighted by Gasteiger charge is 2.10. The quantitative estimate of drug-likeness (QED) is 0.603. The van der Waals surface area contributed by atoms with E-state index < -0.39 is 0 Å². The number of carbonyl (C=O) groups is 1. The van der Waals surface area contributed by atoms with Crippen molar-refractivity contribution in [1.82, 2.24) is 10.3 Å². The number of pyridine rings is 1. The van der Waals surface area contributed by atoms with E-state index in [1.807, 2.05) is 54.6 Å². The van der Waals surface area contributed by atoms with Crippen LogP contribution in [0.3, 0.4) is 0 Å². The van der Waals surface area contributed by atoms with Crippen LogP contribution in [0.5, 0.6) is 17.2 Å². The van der Waals surface area contributed by atoms with Crippen LogP contribution in [0.2, 0.25) is 0 Å². The summed E-state index contributed by atoms with van der Waals surface area (Å²) in [6.45, 7) is 0.860. The van der Waals surface area contributed by atoms with Gasteiger partial charge in [-0.2, -0.15) is 0 Å². The molecule has 0 unspecified atom stereocenters. The van der Waals surface area contributed by atoms with E-state index in [4.69, 9.17) is 14.2 Å². The number of rotatable bonds is 9. The second-order valence-corrected chi connectivity index (χ2v) is 6.38. The predicted octanol–water partition coefficient (Wildman–Crippen LogP) is 3.54. The van der Waals surface area contributed by atoms with Gasteiger partial charge in [0.25, 0.3) is 0 Å². The first-order valence-electron chi connectivity index (χ1n) is 9.27. The van der Waals surface area contributed by atoms with Crippen molar-refractivity contribution < 1.29 is 19.0 Å². The zero-order valence-corrected chi connectivity index (χ0v) is 16.6. The normalized spacial score (nSPS) is 10.3. The number of methoxy groups -OCH3 is 2. The third kappa shape index (κ3) is 5.97. The minimum absolute atomic E-state index is 0.0797. The van der Waals surface area contributed by atoms with Gasteiger partial charge in [-0.1, -0.05) is 24.3 Å². The Kier molecular flexibility index (Phi) is 7.05. The summed E-state index contributed by atoms with van der Waals surface area (Å²) in [4.78, 5) is 16.5. The van der Waals surface area contributed by atoms with Crippen molar-refractivity contribution in [3.8, 4) is 17.2 Å². The molecule has 3 aromatic rings. The van der Waals surface area contributed by atoms with Crippen LogP contribution in [-0.4, -0.2) is 25.1 Å². The smallest absolute Gasteiger partial charge is 0.224 e. The molecule has 6 nitrogen and oxygen atoms in total. The van der Waals surface area contributed by atoms with Crippen molar-refractivity contribution in [3.05, 3.63) is 83.7 Å². The summed E-state index contributed by atoms with van der Waals surface area (Å²) in [5.41, 5.74) is 2.67. The lowest BCUT2D eigenvalue weighted by Gasteiger charge is -2.11. The number of hydrogen-bond acceptors (Lipinski definition) is 5. The summed E-state index contributed by atoms with van der Waals surface area (Å²) in [5, 5.41) is 2.93. The molecule has 150 valence electrons. The standard InChI is InChI=1S/C23H24N2O4/c1-27-21-11-8-18(22(14-21)28-2)13-23(26)25-15-17-6-9-20(10-7-17)29-16-19-5-3-4-12-24-19/h3-12,14H,13,15-16H2,1-2H3,(H,25,26). The van der Waals surface area contributed by atoms with E-state index in [0.717, 1.165) is 22.6 Å². The molecule has 1 amide bonds. The maximum absolute atomic E-state index is 12.3. The van der Waals surface area contributed by atoms with Crippen molar-refractivity contribution >= 4 is 5.91 Å². The van der Waals surface area contributed by atoms with Crippen LogP contribution in [-0.2, 0) is 24.4 Å². The number of nitrogens with one attached hydrogen (secondary N) is 1. The molecule has 0 radical (unpaired) electrons. The minimum Gasteiger partial charge on any atom is -0.497 e. The Morgan fingerprint density at radius 3 is 2.45 bits per heavy atom. The maximum atomic E-state index is 12.3. The molecule has 0 fully saturated rings. The van der Waals surface area contributed by atoms with E-state index in [0.29, 0.717) is 24.7 Å². The monoisotopic (exact) mass is 392 g/mol. The van der Waals surface area contributed by atoms with Gasteiger partial charge < -0.3 is 19.5 Å². The van der Waals surface area contributed by atoms with Gasteiger partial charge in [0.1, 0.15) is 23.9 Å². The molecule has 0 spiro atoms. The highest BCUT2D eigenvalue weighted by molar-refractivity contribution is 5.79. The van der Waals surface area contributed by atoms with Gasteiger partial charge in [-0.05, 0) is 35.9 Å². The zero-order chi connectivity index (χ0) is 20.5. The molecule has 6 heteroatoms. The Hall–Kier alpha value is -3.54. The molecule has 0 bridgehead atoms. The van der Waals surface area contributed by atoms with Crippen LogP contribution >= 0.6 is 0 Å². The summed E-state index contributed by atoms with van der Waals surface area (Å²) in [7, 11) is 3.17. The Morgan fingerprint density at radius 1 is 0.966 bits per heavy atom. The number of aromatic nitrogens is 1. The third-order valence-corrected chi connectivity index (χ3v) is 4.37. The molecule has 2 aromatic carbocycles. The van der Waals surface area contributed by atoms with Gasteiger partial charge in [0.15, 0.2) is 0 Å². The highest BCUT2D eigenvalue weighted by Crippen LogP contribution is 2.25. The molecule has 0 saturated carbocycles. The molecular weight excluding hydrogens is 368 g/mol. The lowest BCUT2D eigenvalue weighted by atomic mass is 10.1. The molecule has 0 aliphatic carbocycles. The molecule has 0 aliphatic rings. The second kappa shape index (κ2) is 10.1. The lowest BCUT2D eigenvalue weighted by molar-refractivity contribution is -0.120. The molecule has 3 rings (SSSR count). The van der Waals surface area contributed by atoms with Crippen molar-refractivity contribution in [2.24, 2.45) is 0 Å². The van der Waals surface area contributed by atoms with Gasteiger partial charge in [0, 0.05) is 24.4 Å². The maximum Gasteiger partial charge on any atom is 0.224 e. The molecule has 0 atom stereocenters. The van der Waals surface area contributed by atoms with E-state index >= 15 is 0 Å². The van der Waals surface area contributed by atoms with Crippen molar-refractivity contribution in [3.63, 3.8) is 0 Å². The highest BCUT2D eigenvalue weighted by atomic mass is 16.5. The summed E-state index contributed by atoms with van der Waals surface area (Å²) < 4.78 is 16.2. The topological polar surface area (TPSA) is 69.7 Å². The number of ether oxygens (including phenoxy) is 3. The molecular formula is C23H24N2O4. The summed E-state index contributed by atoms with van der Waals surface area (Å²) in [6.07, 6.45) is 1.98. The van der Waals surface area contributed by atoms with Crippen molar-refractivity contribution in [1.29, 1.82) is 0 Å². The zero-order valence-electron chi connectivity index (χ0n) is 16.6. The van der Waals surface area contributed by atoms with Crippen LogP contribution < -0.4 is 19.5 Å². The number of carbonyl (C=O) groups excluding carboxylic acids is 1. The fourth-order valence-corrected chi connectivity index (χ4v) is 2.78. The van der Waals surface area contributed by atoms with E-state index in [1.165, 1.54) is 0 Å². The summed E-state index contributed by atoms with van der Waals surface area (Å²) in [5.74, 6) is 2.00. The van der Waals surface area contributed by atoms with E-state index in [-0.39, 0.29) is 12.3 Å². The largest absolute Gasteiger partial charge is 0.497 e. The van der Waals surface area contributed by atoms with Crippen LogP contribution in [0.1, 0.15) is 16.8 Å². The predicted molar refractivity (Wildman–Crippen MR) is 110 cm³/mol. The van der Waals surface area contributed by atoms with Gasteiger partial charge in [-0.15, -0.1) is 0 Å². The van der Waals surface area contributed by atoms with Crippen molar-refractivity contribution in [2.75, 3.05) is 14.2 Å². The van der Waals surface area contributed by atoms with E-state index in [1.54, 1.807) is 26.5 Å². The molecule has 0 saturated heterocycles. The van der Waals surface area contributed by atoms with Crippen LogP contribution in [0.15, 0.2) is 66.9 Å². The SMILES string of the molecule is COc1ccc(CC(=O)NCc2ccc(OCc3ccccn3)cc2)c(OC)c1. The number of hydrogen-bond donors (Lipinski definition) is 1. The first-order valence-corrected chi connectivity index (χ1v) is 9.27. The Balaban J connectivity index is 1.49. The van der Waals surface area contributed by atoms with E-state index in [2.05, 4.69) is 10.3 Å². The first kappa shape index (κ1) is 20.2. The van der Waals surface area contributed by atoms with Gasteiger partial charge in [-0.3, -0.25) is 9.78 Å². The van der Waals surface area contributed by atoms with Gasteiger partial charge >= 0.3 is 0 Å². The van der Waals surface area contributed by atoms with Gasteiger partial charge in [0.05, 0.1) is 26.3 Å². The average Bonchev–Trinajstić information content (AvgIpc) is 2.78. The Bertz CT molecular complexity index is 927. The van der Waals surface area contributed by atoms with Gasteiger partial charge in [-0.25, -0.2) is 0 Å².